The topological polar surface area (TPSA) is 55.8 Å². The van der Waals surface area contributed by atoms with Gasteiger partial charge in [-0.15, -0.1) is 0 Å². The molecule has 0 aromatic carbocycles. The lowest BCUT2D eigenvalue weighted by molar-refractivity contribution is -0.154. The Labute approximate surface area is 334 Å². The first-order valence-corrected chi connectivity index (χ1v) is 22.3. The Morgan fingerprint density at radius 2 is 0.833 bits per heavy atom. The van der Waals surface area contributed by atoms with E-state index < -0.39 is 6.10 Å². The molecule has 1 atom stereocenters. The van der Waals surface area contributed by atoms with Crippen LogP contribution in [0.3, 0.4) is 0 Å². The molecule has 0 aliphatic heterocycles. The lowest BCUT2D eigenvalue weighted by atomic mass is 10.1. The summed E-state index contributed by atoms with van der Waals surface area (Å²) >= 11 is 0. The van der Waals surface area contributed by atoms with Crippen LogP contribution in [0.5, 0.6) is 0 Å². The van der Waals surface area contributed by atoms with E-state index >= 15 is 0 Å². The van der Waals surface area contributed by atoms with Crippen molar-refractivity contribution in [3.63, 3.8) is 0 Å². The summed E-state index contributed by atoms with van der Waals surface area (Å²) < 4.78 is 11.2. The first-order chi connectivity index (χ1) is 26.7. The maximum Gasteiger partial charge on any atom is 0.306 e. The quantitative estimate of drug-likeness (QED) is 0.0385. The van der Waals surface area contributed by atoms with Crippen LogP contribution in [0.15, 0.2) is 97.2 Å². The van der Waals surface area contributed by atoms with Crippen molar-refractivity contribution in [1.29, 1.82) is 0 Å². The molecule has 0 aliphatic carbocycles. The van der Waals surface area contributed by atoms with E-state index in [4.69, 9.17) is 9.47 Å². The molecule has 0 aliphatic rings. The second-order valence-electron chi connectivity index (χ2n) is 14.4. The van der Waals surface area contributed by atoms with Gasteiger partial charge in [-0.05, 0) is 96.3 Å². The molecule has 0 amide bonds. The maximum atomic E-state index is 12.2. The molecule has 4 heteroatoms. The molecule has 0 aromatic rings. The number of allylic oxidation sites excluding steroid dienone is 16. The van der Waals surface area contributed by atoms with Crippen molar-refractivity contribution < 1.29 is 19.4 Å². The molecule has 1 N–H and O–H groups in total. The van der Waals surface area contributed by atoms with Crippen LogP contribution in [-0.4, -0.2) is 37.0 Å². The number of carbonyl (C=O) groups excluding carboxylic acids is 1. The maximum absolute atomic E-state index is 12.2. The van der Waals surface area contributed by atoms with E-state index in [1.54, 1.807) is 0 Å². The van der Waals surface area contributed by atoms with Gasteiger partial charge in [0.1, 0.15) is 6.10 Å². The molecule has 0 fully saturated rings. The van der Waals surface area contributed by atoms with Crippen molar-refractivity contribution >= 4 is 5.97 Å². The summed E-state index contributed by atoms with van der Waals surface area (Å²) in [4.78, 5) is 12.2. The van der Waals surface area contributed by atoms with Gasteiger partial charge in [0.05, 0.1) is 13.2 Å². The normalized spacial score (nSPS) is 13.3. The van der Waals surface area contributed by atoms with Gasteiger partial charge in [-0.25, -0.2) is 0 Å². The monoisotopic (exact) mass is 749 g/mol. The predicted molar refractivity (Wildman–Crippen MR) is 237 cm³/mol. The van der Waals surface area contributed by atoms with Crippen LogP contribution in [0.25, 0.3) is 0 Å². The fourth-order valence-corrected chi connectivity index (χ4v) is 5.83. The molecule has 0 saturated carbocycles. The SMILES string of the molecule is CC/C=C\C/C=C\C/C=C\C/C=C\C/C=C\C/C=C\CCCCCCCCCOCC(CO)OC(=O)CCCCCCC/C=C\C/C=C\CCCCCC. The molecule has 308 valence electrons. The van der Waals surface area contributed by atoms with Crippen LogP contribution in [0, 0.1) is 0 Å². The second-order valence-corrected chi connectivity index (χ2v) is 14.4. The van der Waals surface area contributed by atoms with Crippen molar-refractivity contribution in [2.24, 2.45) is 0 Å². The highest BCUT2D eigenvalue weighted by Crippen LogP contribution is 2.11. The van der Waals surface area contributed by atoms with Crippen molar-refractivity contribution in [1.82, 2.24) is 0 Å². The number of esters is 1. The van der Waals surface area contributed by atoms with Gasteiger partial charge in [-0.2, -0.15) is 0 Å². The predicted octanol–water partition coefficient (Wildman–Crippen LogP) is 14.9. The Morgan fingerprint density at radius 1 is 0.463 bits per heavy atom. The molecule has 54 heavy (non-hydrogen) atoms. The lowest BCUT2D eigenvalue weighted by Crippen LogP contribution is -2.27. The molecule has 0 bridgehead atoms. The van der Waals surface area contributed by atoms with Gasteiger partial charge in [-0.1, -0.05) is 182 Å². The van der Waals surface area contributed by atoms with Crippen molar-refractivity contribution in [2.75, 3.05) is 19.8 Å². The molecule has 0 radical (unpaired) electrons. The molecule has 0 aromatic heterocycles. The Morgan fingerprint density at radius 3 is 1.26 bits per heavy atom. The minimum atomic E-state index is -0.554. The highest BCUT2D eigenvalue weighted by atomic mass is 16.6. The minimum Gasteiger partial charge on any atom is -0.457 e. The number of rotatable bonds is 40. The van der Waals surface area contributed by atoms with Crippen LogP contribution in [-0.2, 0) is 14.3 Å². The summed E-state index contributed by atoms with van der Waals surface area (Å²) in [6.45, 7) is 5.16. The van der Waals surface area contributed by atoms with Crippen molar-refractivity contribution in [3.05, 3.63) is 97.2 Å². The Hall–Kier alpha value is -2.69. The van der Waals surface area contributed by atoms with Gasteiger partial charge in [0, 0.05) is 13.0 Å². The van der Waals surface area contributed by atoms with E-state index in [0.29, 0.717) is 13.0 Å². The molecule has 0 saturated heterocycles. The average molecular weight is 749 g/mol. The molecule has 1 unspecified atom stereocenters. The first-order valence-electron chi connectivity index (χ1n) is 22.3. The third-order valence-electron chi connectivity index (χ3n) is 9.14. The number of carbonyl (C=O) groups is 1. The lowest BCUT2D eigenvalue weighted by Gasteiger charge is -2.15. The number of hydrogen-bond donors (Lipinski definition) is 1. The molecule has 0 spiro atoms. The highest BCUT2D eigenvalue weighted by Gasteiger charge is 2.13. The standard InChI is InChI=1S/C50H84O4/c1-3-5-7-9-11-13-15-17-19-21-22-23-24-25-26-27-28-29-30-32-34-36-38-40-42-44-46-53-48-49(47-51)54-50(52)45-43-41-39-37-35-33-31-20-18-16-14-12-10-8-6-4-2/h5,7,11,13-14,16-17,19-20,22-23,25-26,28-29,31,49,51H,3-4,6,8-10,12,15,18,21,24,27,30,32-48H2,1-2H3/b7-5-,13-11-,16-14-,19-17-,23-22-,26-25-,29-28-,31-20-. The molecular formula is C50H84O4. The number of hydrogen-bond acceptors (Lipinski definition) is 4. The summed E-state index contributed by atoms with van der Waals surface area (Å²) in [6, 6.07) is 0. The van der Waals surface area contributed by atoms with Gasteiger partial charge >= 0.3 is 5.97 Å². The fourth-order valence-electron chi connectivity index (χ4n) is 5.83. The van der Waals surface area contributed by atoms with Crippen LogP contribution >= 0.6 is 0 Å². The molecular weight excluding hydrogens is 665 g/mol. The smallest absolute Gasteiger partial charge is 0.306 e. The van der Waals surface area contributed by atoms with E-state index in [9.17, 15) is 9.90 Å². The molecule has 0 rings (SSSR count). The van der Waals surface area contributed by atoms with E-state index in [1.165, 1.54) is 83.5 Å². The van der Waals surface area contributed by atoms with Gasteiger partial charge in [-0.3, -0.25) is 4.79 Å². The molecule has 4 nitrogen and oxygen atoms in total. The van der Waals surface area contributed by atoms with Crippen molar-refractivity contribution in [3.8, 4) is 0 Å². The minimum absolute atomic E-state index is 0.188. The Balaban J connectivity index is 3.53. The van der Waals surface area contributed by atoms with E-state index in [0.717, 1.165) is 83.5 Å². The zero-order valence-electron chi connectivity index (χ0n) is 35.2. The van der Waals surface area contributed by atoms with Gasteiger partial charge in [0.2, 0.25) is 0 Å². The summed E-state index contributed by atoms with van der Waals surface area (Å²) in [5.74, 6) is -0.222. The number of ether oxygens (including phenoxy) is 2. The molecule has 0 heterocycles. The largest absolute Gasteiger partial charge is 0.457 e. The third-order valence-corrected chi connectivity index (χ3v) is 9.14. The zero-order chi connectivity index (χ0) is 39.1. The van der Waals surface area contributed by atoms with Crippen LogP contribution < -0.4 is 0 Å². The second kappa shape index (κ2) is 46.5. The number of unbranched alkanes of at least 4 members (excludes halogenated alkanes) is 16. The van der Waals surface area contributed by atoms with Crippen LogP contribution in [0.2, 0.25) is 0 Å². The summed E-state index contributed by atoms with van der Waals surface area (Å²) in [6.07, 6.45) is 66.1. The third kappa shape index (κ3) is 43.7. The number of aliphatic hydroxyl groups excluding tert-OH is 1. The van der Waals surface area contributed by atoms with Gasteiger partial charge in [0.25, 0.3) is 0 Å². The van der Waals surface area contributed by atoms with Crippen LogP contribution in [0.4, 0.5) is 0 Å². The van der Waals surface area contributed by atoms with E-state index in [2.05, 4.69) is 111 Å². The summed E-state index contributed by atoms with van der Waals surface area (Å²) in [5.41, 5.74) is 0. The van der Waals surface area contributed by atoms with Gasteiger partial charge in [0.15, 0.2) is 0 Å². The average Bonchev–Trinajstić information content (AvgIpc) is 3.18. The van der Waals surface area contributed by atoms with Gasteiger partial charge < -0.3 is 14.6 Å². The van der Waals surface area contributed by atoms with Crippen molar-refractivity contribution in [2.45, 2.75) is 193 Å². The Kier molecular flexibility index (Phi) is 44.1. The highest BCUT2D eigenvalue weighted by molar-refractivity contribution is 5.69. The first kappa shape index (κ1) is 51.3. The number of aliphatic hydroxyl groups is 1. The van der Waals surface area contributed by atoms with E-state index in [-0.39, 0.29) is 19.2 Å². The summed E-state index contributed by atoms with van der Waals surface area (Å²) in [7, 11) is 0. The Bertz CT molecular complexity index is 1010. The zero-order valence-corrected chi connectivity index (χ0v) is 35.2. The summed E-state index contributed by atoms with van der Waals surface area (Å²) in [5, 5.41) is 9.61. The van der Waals surface area contributed by atoms with Crippen LogP contribution in [0.1, 0.15) is 187 Å². The fraction of sp³-hybridized carbons (Fsp3) is 0.660. The van der Waals surface area contributed by atoms with E-state index in [1.807, 2.05) is 0 Å².